The zero-order chi connectivity index (χ0) is 12.1. The molecule has 0 fully saturated rings. The topological polar surface area (TPSA) is 33.0 Å². The molecule has 0 spiro atoms. The summed E-state index contributed by atoms with van der Waals surface area (Å²) in [7, 11) is 0. The van der Waals surface area contributed by atoms with Crippen LogP contribution < -0.4 is 4.74 Å². The van der Waals surface area contributed by atoms with Crippen molar-refractivity contribution in [1.29, 1.82) is 5.26 Å². The molecule has 0 unspecified atom stereocenters. The van der Waals surface area contributed by atoms with E-state index in [1.165, 1.54) is 0 Å². The van der Waals surface area contributed by atoms with Gasteiger partial charge in [-0.25, -0.2) is 0 Å². The van der Waals surface area contributed by atoms with Crippen LogP contribution in [0.25, 0.3) is 0 Å². The SMILES string of the molecule is C=C(CC)COc1c(C)cc(C#N)cc1C. The molecule has 0 amide bonds. The Bertz CT molecular complexity index is 418. The van der Waals surface area contributed by atoms with Gasteiger partial charge in [-0.15, -0.1) is 0 Å². The molecule has 2 nitrogen and oxygen atoms in total. The smallest absolute Gasteiger partial charge is 0.125 e. The number of benzene rings is 1. The van der Waals surface area contributed by atoms with Crippen molar-refractivity contribution in [3.63, 3.8) is 0 Å². The molecule has 0 aromatic heterocycles. The molecule has 0 aliphatic heterocycles. The second-order valence-electron chi connectivity index (χ2n) is 3.94. The molecule has 0 heterocycles. The molecule has 1 aromatic rings. The van der Waals surface area contributed by atoms with Gasteiger partial charge in [0.05, 0.1) is 11.6 Å². The maximum Gasteiger partial charge on any atom is 0.125 e. The molecular weight excluding hydrogens is 198 g/mol. The lowest BCUT2D eigenvalue weighted by molar-refractivity contribution is 0.344. The van der Waals surface area contributed by atoms with Crippen LogP contribution in [0.15, 0.2) is 24.3 Å². The molecule has 0 aliphatic rings. The molecule has 0 atom stereocenters. The highest BCUT2D eigenvalue weighted by Crippen LogP contribution is 2.25. The fourth-order valence-corrected chi connectivity index (χ4v) is 1.52. The number of nitrogens with zero attached hydrogens (tertiary/aromatic N) is 1. The van der Waals surface area contributed by atoms with E-state index in [2.05, 4.69) is 19.6 Å². The zero-order valence-electron chi connectivity index (χ0n) is 10.1. The highest BCUT2D eigenvalue weighted by molar-refractivity contribution is 5.47. The van der Waals surface area contributed by atoms with E-state index in [0.717, 1.165) is 28.9 Å². The van der Waals surface area contributed by atoms with E-state index in [1.807, 2.05) is 26.0 Å². The monoisotopic (exact) mass is 215 g/mol. The van der Waals surface area contributed by atoms with Gasteiger partial charge in [-0.1, -0.05) is 13.5 Å². The standard InChI is InChI=1S/C14H17NO/c1-5-10(2)9-16-14-11(3)6-13(8-15)7-12(14)4/h6-7H,2,5,9H2,1,3-4H3. The van der Waals surface area contributed by atoms with Gasteiger partial charge < -0.3 is 4.74 Å². The second kappa shape index (κ2) is 5.37. The van der Waals surface area contributed by atoms with Gasteiger partial charge in [0.1, 0.15) is 12.4 Å². The van der Waals surface area contributed by atoms with Crippen LogP contribution >= 0.6 is 0 Å². The van der Waals surface area contributed by atoms with Gasteiger partial charge in [-0.3, -0.25) is 0 Å². The van der Waals surface area contributed by atoms with E-state index < -0.39 is 0 Å². The van der Waals surface area contributed by atoms with Crippen molar-refractivity contribution in [2.24, 2.45) is 0 Å². The van der Waals surface area contributed by atoms with E-state index in [1.54, 1.807) is 0 Å². The largest absolute Gasteiger partial charge is 0.489 e. The van der Waals surface area contributed by atoms with E-state index >= 15 is 0 Å². The summed E-state index contributed by atoms with van der Waals surface area (Å²) in [6, 6.07) is 5.83. The van der Waals surface area contributed by atoms with Crippen LogP contribution in [0.2, 0.25) is 0 Å². The van der Waals surface area contributed by atoms with Crippen LogP contribution in [-0.4, -0.2) is 6.61 Å². The lowest BCUT2D eigenvalue weighted by Gasteiger charge is -2.13. The normalized spacial score (nSPS) is 9.62. The third-order valence-electron chi connectivity index (χ3n) is 2.51. The summed E-state index contributed by atoms with van der Waals surface area (Å²) in [5.41, 5.74) is 3.75. The van der Waals surface area contributed by atoms with Crippen molar-refractivity contribution in [3.05, 3.63) is 41.0 Å². The summed E-state index contributed by atoms with van der Waals surface area (Å²) in [6.07, 6.45) is 0.925. The summed E-state index contributed by atoms with van der Waals surface area (Å²) in [6.45, 7) is 10.4. The summed E-state index contributed by atoms with van der Waals surface area (Å²) < 4.78 is 5.71. The molecule has 0 N–H and O–H groups in total. The first-order valence-electron chi connectivity index (χ1n) is 5.39. The Morgan fingerprint density at radius 3 is 2.38 bits per heavy atom. The van der Waals surface area contributed by atoms with Crippen LogP contribution in [0.3, 0.4) is 0 Å². The number of hydrogen-bond donors (Lipinski definition) is 0. The van der Waals surface area contributed by atoms with E-state index in [-0.39, 0.29) is 0 Å². The first-order valence-corrected chi connectivity index (χ1v) is 5.39. The molecule has 16 heavy (non-hydrogen) atoms. The number of aryl methyl sites for hydroxylation is 2. The van der Waals surface area contributed by atoms with Crippen LogP contribution in [-0.2, 0) is 0 Å². The van der Waals surface area contributed by atoms with E-state index in [9.17, 15) is 0 Å². The van der Waals surface area contributed by atoms with Crippen molar-refractivity contribution in [3.8, 4) is 11.8 Å². The van der Waals surface area contributed by atoms with Crippen LogP contribution in [0.4, 0.5) is 0 Å². The maximum absolute atomic E-state index is 8.83. The molecule has 2 heteroatoms. The van der Waals surface area contributed by atoms with E-state index in [4.69, 9.17) is 10.00 Å². The Hall–Kier alpha value is -1.75. The molecule has 0 aliphatic carbocycles. The fraction of sp³-hybridized carbons (Fsp3) is 0.357. The molecule has 0 radical (unpaired) electrons. The second-order valence-corrected chi connectivity index (χ2v) is 3.94. The predicted octanol–water partition coefficient (Wildman–Crippen LogP) is 3.52. The van der Waals surface area contributed by atoms with Gasteiger partial charge in [0, 0.05) is 0 Å². The van der Waals surface area contributed by atoms with Crippen molar-refractivity contribution >= 4 is 0 Å². The minimum atomic E-state index is 0.546. The molecule has 0 bridgehead atoms. The van der Waals surface area contributed by atoms with Crippen molar-refractivity contribution in [2.45, 2.75) is 27.2 Å². The molecule has 1 aromatic carbocycles. The van der Waals surface area contributed by atoms with Crippen molar-refractivity contribution in [1.82, 2.24) is 0 Å². The summed E-state index contributed by atoms with van der Waals surface area (Å²) in [5, 5.41) is 8.83. The number of ether oxygens (including phenoxy) is 1. The minimum Gasteiger partial charge on any atom is -0.489 e. The summed E-state index contributed by atoms with van der Waals surface area (Å²) >= 11 is 0. The molecular formula is C14H17NO. The van der Waals surface area contributed by atoms with Gasteiger partial charge in [0.15, 0.2) is 0 Å². The van der Waals surface area contributed by atoms with Crippen molar-refractivity contribution < 1.29 is 4.74 Å². The third kappa shape index (κ3) is 2.87. The average Bonchev–Trinajstić information content (AvgIpc) is 2.27. The highest BCUT2D eigenvalue weighted by Gasteiger charge is 2.06. The lowest BCUT2D eigenvalue weighted by atomic mass is 10.1. The maximum atomic E-state index is 8.83. The zero-order valence-corrected chi connectivity index (χ0v) is 10.1. The molecule has 1 rings (SSSR count). The van der Waals surface area contributed by atoms with Gasteiger partial charge in [-0.05, 0) is 49.1 Å². The fourth-order valence-electron chi connectivity index (χ4n) is 1.52. The Balaban J connectivity index is 2.89. The number of hydrogen-bond acceptors (Lipinski definition) is 2. The highest BCUT2D eigenvalue weighted by atomic mass is 16.5. The predicted molar refractivity (Wildman–Crippen MR) is 65.6 cm³/mol. The Labute approximate surface area is 97.2 Å². The van der Waals surface area contributed by atoms with Gasteiger partial charge in [0.25, 0.3) is 0 Å². The van der Waals surface area contributed by atoms with Gasteiger partial charge in [-0.2, -0.15) is 5.26 Å². The number of rotatable bonds is 4. The summed E-state index contributed by atoms with van der Waals surface area (Å²) in [4.78, 5) is 0. The van der Waals surface area contributed by atoms with Crippen LogP contribution in [0, 0.1) is 25.2 Å². The third-order valence-corrected chi connectivity index (χ3v) is 2.51. The lowest BCUT2D eigenvalue weighted by Crippen LogP contribution is -2.02. The number of nitriles is 1. The van der Waals surface area contributed by atoms with Crippen LogP contribution in [0.1, 0.15) is 30.0 Å². The molecule has 84 valence electrons. The first-order chi connectivity index (χ1) is 7.58. The molecule has 0 saturated heterocycles. The Kier molecular flexibility index (Phi) is 4.13. The molecule has 0 saturated carbocycles. The van der Waals surface area contributed by atoms with Gasteiger partial charge >= 0.3 is 0 Å². The Morgan fingerprint density at radius 2 is 1.94 bits per heavy atom. The Morgan fingerprint density at radius 1 is 1.38 bits per heavy atom. The average molecular weight is 215 g/mol. The minimum absolute atomic E-state index is 0.546. The van der Waals surface area contributed by atoms with Crippen LogP contribution in [0.5, 0.6) is 5.75 Å². The summed E-state index contributed by atoms with van der Waals surface area (Å²) in [5.74, 6) is 0.869. The van der Waals surface area contributed by atoms with Gasteiger partial charge in [0.2, 0.25) is 0 Å². The van der Waals surface area contributed by atoms with Crippen molar-refractivity contribution in [2.75, 3.05) is 6.61 Å². The first kappa shape index (κ1) is 12.3. The van der Waals surface area contributed by atoms with E-state index in [0.29, 0.717) is 12.2 Å². The quantitative estimate of drug-likeness (QED) is 0.720.